The molecule has 3 aromatic carbocycles. The summed E-state index contributed by atoms with van der Waals surface area (Å²) < 4.78 is 11.6. The summed E-state index contributed by atoms with van der Waals surface area (Å²) in [7, 11) is 0. The van der Waals surface area contributed by atoms with Crippen molar-refractivity contribution in [3.05, 3.63) is 133 Å². The summed E-state index contributed by atoms with van der Waals surface area (Å²) in [6, 6.07) is 35.5. The number of rotatable bonds is 1. The van der Waals surface area contributed by atoms with Gasteiger partial charge in [0.15, 0.2) is 24.0 Å². The van der Waals surface area contributed by atoms with Crippen LogP contribution in [0.1, 0.15) is 23.1 Å². The molecule has 3 heteroatoms. The molecule has 6 aromatic rings. The van der Waals surface area contributed by atoms with Crippen LogP contribution in [0.3, 0.4) is 0 Å². The van der Waals surface area contributed by atoms with E-state index in [2.05, 4.69) is 125 Å². The Morgan fingerprint density at radius 2 is 1.58 bits per heavy atom. The van der Waals surface area contributed by atoms with Gasteiger partial charge in [-0.3, -0.25) is 0 Å². The molecule has 0 amide bonds. The number of allylic oxidation sites excluding steroid dienone is 1. The van der Waals surface area contributed by atoms with Crippen molar-refractivity contribution in [3.63, 3.8) is 0 Å². The molecular weight excluding hydrogens is 464 g/mol. The number of pyridine rings is 2. The first kappa shape index (κ1) is 20.5. The number of hydrogen-bond acceptors (Lipinski definition) is 1. The lowest BCUT2D eigenvalue weighted by Gasteiger charge is -2.55. The van der Waals surface area contributed by atoms with Gasteiger partial charge in [-0.2, -0.15) is 9.13 Å². The Bertz CT molecular complexity index is 1970. The monoisotopic (exact) mass is 490 g/mol. The highest BCUT2D eigenvalue weighted by Gasteiger charge is 2.75. The van der Waals surface area contributed by atoms with Crippen LogP contribution in [0, 0.1) is 5.92 Å². The van der Waals surface area contributed by atoms with E-state index in [1.807, 2.05) is 6.07 Å². The third kappa shape index (κ3) is 2.27. The van der Waals surface area contributed by atoms with Gasteiger partial charge in [-0.15, -0.1) is 6.58 Å². The zero-order chi connectivity index (χ0) is 25.0. The Hall–Kier alpha value is -4.50. The second-order valence-corrected chi connectivity index (χ2v) is 11.0. The predicted molar refractivity (Wildman–Crippen MR) is 149 cm³/mol. The number of hydrogen-bond donors (Lipinski definition) is 0. The van der Waals surface area contributed by atoms with Gasteiger partial charge < -0.3 is 4.42 Å². The molecule has 1 fully saturated rings. The summed E-state index contributed by atoms with van der Waals surface area (Å²) in [4.78, 5) is 0. The lowest BCUT2D eigenvalue weighted by Crippen LogP contribution is -2.79. The largest absolute Gasteiger partial charge is 0.455 e. The Labute approximate surface area is 220 Å². The second kappa shape index (κ2) is 7.08. The third-order valence-electron chi connectivity index (χ3n) is 9.53. The molecule has 0 saturated heterocycles. The van der Waals surface area contributed by atoms with Gasteiger partial charge >= 0.3 is 0 Å². The van der Waals surface area contributed by atoms with Gasteiger partial charge in [0.2, 0.25) is 11.4 Å². The van der Waals surface area contributed by atoms with Crippen molar-refractivity contribution in [2.75, 3.05) is 0 Å². The van der Waals surface area contributed by atoms with Crippen LogP contribution in [-0.2, 0) is 12.0 Å². The molecule has 38 heavy (non-hydrogen) atoms. The molecule has 9 rings (SSSR count). The van der Waals surface area contributed by atoms with E-state index in [9.17, 15) is 0 Å². The molecule has 4 atom stereocenters. The van der Waals surface area contributed by atoms with E-state index in [1.165, 1.54) is 44.4 Å². The minimum atomic E-state index is -0.146. The summed E-state index contributed by atoms with van der Waals surface area (Å²) in [5.74, 6) is 0.602. The molecule has 3 aromatic heterocycles. The van der Waals surface area contributed by atoms with Crippen molar-refractivity contribution in [3.8, 4) is 22.5 Å². The second-order valence-electron chi connectivity index (χ2n) is 11.0. The van der Waals surface area contributed by atoms with Crippen LogP contribution >= 0.6 is 0 Å². The lowest BCUT2D eigenvalue weighted by molar-refractivity contribution is -0.837. The molecule has 1 spiro atoms. The molecule has 0 bridgehead atoms. The van der Waals surface area contributed by atoms with E-state index in [4.69, 9.17) is 4.42 Å². The highest BCUT2D eigenvalue weighted by Crippen LogP contribution is 2.64. The summed E-state index contributed by atoms with van der Waals surface area (Å²) in [6.45, 7) is 4.41. The SMILES string of the molecule is C=CC1C2C(c3ccccc3-c3cccc[n+]32)C12Cc1ccc3c(oc4ccccc43)c1-c1cccc[n+]12. The smallest absolute Gasteiger partial charge is 0.217 e. The maximum absolute atomic E-state index is 6.55. The first-order valence-corrected chi connectivity index (χ1v) is 13.5. The summed E-state index contributed by atoms with van der Waals surface area (Å²) >= 11 is 0. The van der Waals surface area contributed by atoms with Crippen molar-refractivity contribution in [2.45, 2.75) is 23.9 Å². The van der Waals surface area contributed by atoms with Crippen molar-refractivity contribution < 1.29 is 13.6 Å². The molecule has 5 heterocycles. The van der Waals surface area contributed by atoms with Gasteiger partial charge in [-0.05, 0) is 35.4 Å². The van der Waals surface area contributed by atoms with Crippen molar-refractivity contribution in [2.24, 2.45) is 5.92 Å². The number of nitrogens with zero attached hydrogens (tertiary/aromatic N) is 2. The van der Waals surface area contributed by atoms with Gasteiger partial charge in [-0.1, -0.05) is 54.6 Å². The fourth-order valence-corrected chi connectivity index (χ4v) is 8.16. The van der Waals surface area contributed by atoms with Crippen molar-refractivity contribution in [1.29, 1.82) is 0 Å². The number of fused-ring (bicyclic) bond motifs is 15. The molecule has 1 saturated carbocycles. The first-order chi connectivity index (χ1) is 18.8. The van der Waals surface area contributed by atoms with E-state index in [1.54, 1.807) is 0 Å². The molecule has 3 aliphatic rings. The van der Waals surface area contributed by atoms with Gasteiger partial charge in [0.25, 0.3) is 0 Å². The molecule has 2 aliphatic heterocycles. The molecule has 4 unspecified atom stereocenters. The Kier molecular flexibility index (Phi) is 3.83. The van der Waals surface area contributed by atoms with Crippen LogP contribution < -0.4 is 9.13 Å². The zero-order valence-corrected chi connectivity index (χ0v) is 20.9. The fourth-order valence-electron chi connectivity index (χ4n) is 8.16. The van der Waals surface area contributed by atoms with Gasteiger partial charge in [0, 0.05) is 41.5 Å². The normalized spacial score (nSPS) is 24.2. The van der Waals surface area contributed by atoms with Crippen LogP contribution in [0.15, 0.2) is 127 Å². The number of furan rings is 1. The molecule has 0 radical (unpaired) electrons. The van der Waals surface area contributed by atoms with E-state index >= 15 is 0 Å². The zero-order valence-electron chi connectivity index (χ0n) is 20.9. The maximum Gasteiger partial charge on any atom is 0.217 e. The standard InChI is InChI=1S/C35H26N2O/c1-2-27-33-32(25-13-4-3-11-23(25)28-14-7-9-19-36(28)33)35(27)21-22-17-18-26-24-12-5-6-16-30(24)38-34(26)31(22)29-15-8-10-20-37(29)35/h2-20,27,32-33H,1,21H2/q+2. The Morgan fingerprint density at radius 1 is 0.789 bits per heavy atom. The van der Waals surface area contributed by atoms with Crippen LogP contribution in [0.2, 0.25) is 0 Å². The predicted octanol–water partition coefficient (Wildman–Crippen LogP) is 6.90. The van der Waals surface area contributed by atoms with Crippen LogP contribution in [0.25, 0.3) is 44.5 Å². The third-order valence-corrected chi connectivity index (χ3v) is 9.53. The molecule has 180 valence electrons. The summed E-state index contributed by atoms with van der Waals surface area (Å²) in [5.41, 5.74) is 9.68. The van der Waals surface area contributed by atoms with E-state index in [-0.39, 0.29) is 11.5 Å². The number of benzene rings is 3. The lowest BCUT2D eigenvalue weighted by atomic mass is 9.48. The first-order valence-electron chi connectivity index (χ1n) is 13.5. The molecular formula is C35H26N2O+2. The Balaban J connectivity index is 1.34. The Morgan fingerprint density at radius 3 is 2.50 bits per heavy atom. The van der Waals surface area contributed by atoms with E-state index in [0.717, 1.165) is 17.6 Å². The van der Waals surface area contributed by atoms with E-state index in [0.29, 0.717) is 12.0 Å². The average molecular weight is 491 g/mol. The van der Waals surface area contributed by atoms with Crippen molar-refractivity contribution >= 4 is 21.9 Å². The highest BCUT2D eigenvalue weighted by molar-refractivity contribution is 6.09. The highest BCUT2D eigenvalue weighted by atomic mass is 16.3. The molecule has 3 nitrogen and oxygen atoms in total. The van der Waals surface area contributed by atoms with Crippen molar-refractivity contribution in [1.82, 2.24) is 0 Å². The topological polar surface area (TPSA) is 20.9 Å². The maximum atomic E-state index is 6.55. The van der Waals surface area contributed by atoms with E-state index < -0.39 is 0 Å². The quantitative estimate of drug-likeness (QED) is 0.181. The van der Waals surface area contributed by atoms with Crippen LogP contribution in [0.4, 0.5) is 0 Å². The van der Waals surface area contributed by atoms with Gasteiger partial charge in [0.05, 0.1) is 11.1 Å². The number of aromatic nitrogens is 2. The van der Waals surface area contributed by atoms with Gasteiger partial charge in [0.1, 0.15) is 23.0 Å². The summed E-state index contributed by atoms with van der Waals surface area (Å²) in [5, 5.41) is 2.36. The average Bonchev–Trinajstić information content (AvgIpc) is 3.35. The molecule has 1 aliphatic carbocycles. The minimum absolute atomic E-state index is 0.146. The fraction of sp³-hybridized carbons (Fsp3) is 0.143. The summed E-state index contributed by atoms with van der Waals surface area (Å²) in [6.07, 6.45) is 7.71. The molecule has 0 N–H and O–H groups in total. The number of para-hydroxylation sites is 1. The van der Waals surface area contributed by atoms with Gasteiger partial charge in [-0.25, -0.2) is 0 Å². The minimum Gasteiger partial charge on any atom is -0.455 e. The van der Waals surface area contributed by atoms with Crippen LogP contribution in [0.5, 0.6) is 0 Å². The van der Waals surface area contributed by atoms with Crippen LogP contribution in [-0.4, -0.2) is 0 Å².